The Morgan fingerprint density at radius 3 is 2.49 bits per heavy atom. The first kappa shape index (κ1) is 26.6. The molecule has 0 aliphatic carbocycles. The molecule has 0 bridgehead atoms. The van der Waals surface area contributed by atoms with Gasteiger partial charge in [-0.05, 0) is 48.2 Å². The molecule has 4 rings (SSSR count). The summed E-state index contributed by atoms with van der Waals surface area (Å²) in [5, 5.41) is 1.17. The van der Waals surface area contributed by atoms with Crippen molar-refractivity contribution in [1.82, 2.24) is 14.8 Å². The van der Waals surface area contributed by atoms with E-state index >= 15 is 0 Å². The number of rotatable bonds is 12. The maximum absolute atomic E-state index is 13.7. The minimum Gasteiger partial charge on any atom is -0.385 e. The number of H-pyrrole nitrogens is 1. The van der Waals surface area contributed by atoms with E-state index in [2.05, 4.69) is 33.0 Å². The predicted molar refractivity (Wildman–Crippen MR) is 150 cm³/mol. The SMILES string of the molecule is COCCCN(CC(=O)N(CCc1c[nH]c2ccccc12)Cc1ccccc1)C(=O)c1cccc(Br)c1. The molecule has 0 spiro atoms. The number of aromatic amines is 1. The summed E-state index contributed by atoms with van der Waals surface area (Å²) in [7, 11) is 1.64. The van der Waals surface area contributed by atoms with Crippen LogP contribution in [0.1, 0.15) is 27.9 Å². The molecule has 0 radical (unpaired) electrons. The summed E-state index contributed by atoms with van der Waals surface area (Å²) in [6, 6.07) is 25.4. The lowest BCUT2D eigenvalue weighted by Gasteiger charge is -2.28. The van der Waals surface area contributed by atoms with Gasteiger partial charge in [0.1, 0.15) is 6.54 Å². The average Bonchev–Trinajstić information content (AvgIpc) is 3.33. The van der Waals surface area contributed by atoms with Crippen molar-refractivity contribution in [3.63, 3.8) is 0 Å². The summed E-state index contributed by atoms with van der Waals surface area (Å²) < 4.78 is 6.02. The Hall–Kier alpha value is -3.42. The van der Waals surface area contributed by atoms with Crippen molar-refractivity contribution in [2.75, 3.05) is 33.4 Å². The zero-order valence-electron chi connectivity index (χ0n) is 21.0. The molecule has 0 aliphatic rings. The molecule has 0 aliphatic heterocycles. The summed E-state index contributed by atoms with van der Waals surface area (Å²) in [4.78, 5) is 33.9. The van der Waals surface area contributed by atoms with Gasteiger partial charge in [-0.3, -0.25) is 9.59 Å². The van der Waals surface area contributed by atoms with Crippen LogP contribution in [-0.2, 0) is 22.5 Å². The molecule has 2 amide bonds. The third kappa shape index (κ3) is 7.31. The van der Waals surface area contributed by atoms with Crippen molar-refractivity contribution >= 4 is 38.6 Å². The number of carbonyl (C=O) groups excluding carboxylic acids is 2. The number of methoxy groups -OCH3 is 1. The van der Waals surface area contributed by atoms with E-state index in [9.17, 15) is 9.59 Å². The van der Waals surface area contributed by atoms with Crippen LogP contribution in [-0.4, -0.2) is 59.9 Å². The number of hydrogen-bond acceptors (Lipinski definition) is 3. The van der Waals surface area contributed by atoms with E-state index in [1.54, 1.807) is 24.1 Å². The van der Waals surface area contributed by atoms with E-state index in [-0.39, 0.29) is 18.4 Å². The lowest BCUT2D eigenvalue weighted by atomic mass is 10.1. The minimum absolute atomic E-state index is 0.00970. The summed E-state index contributed by atoms with van der Waals surface area (Å²) in [5.41, 5.74) is 3.86. The summed E-state index contributed by atoms with van der Waals surface area (Å²) in [6.07, 6.45) is 3.38. The van der Waals surface area contributed by atoms with E-state index in [0.717, 1.165) is 15.6 Å². The Morgan fingerprint density at radius 2 is 1.70 bits per heavy atom. The second-order valence-corrected chi connectivity index (χ2v) is 9.91. The second-order valence-electron chi connectivity index (χ2n) is 8.99. The predicted octanol–water partition coefficient (Wildman–Crippen LogP) is 5.68. The standard InChI is InChI=1S/C30H32BrN3O3/c1-37-18-8-16-34(30(36)24-11-7-12-26(31)19-24)22-29(35)33(21-23-9-3-2-4-10-23)17-15-25-20-32-28-14-6-5-13-27(25)28/h2-7,9-14,19-20,32H,8,15-18,21-22H2,1H3. The van der Waals surface area contributed by atoms with Gasteiger partial charge in [-0.2, -0.15) is 0 Å². The van der Waals surface area contributed by atoms with Gasteiger partial charge in [0.15, 0.2) is 0 Å². The largest absolute Gasteiger partial charge is 0.385 e. The normalized spacial score (nSPS) is 11.0. The fourth-order valence-electron chi connectivity index (χ4n) is 4.41. The van der Waals surface area contributed by atoms with Gasteiger partial charge < -0.3 is 19.5 Å². The number of aromatic nitrogens is 1. The Bertz CT molecular complexity index is 1320. The van der Waals surface area contributed by atoms with Crippen LogP contribution in [0.2, 0.25) is 0 Å². The third-order valence-electron chi connectivity index (χ3n) is 6.36. The van der Waals surface area contributed by atoms with Gasteiger partial charge in [0.25, 0.3) is 5.91 Å². The van der Waals surface area contributed by atoms with Gasteiger partial charge in [0.05, 0.1) is 0 Å². The lowest BCUT2D eigenvalue weighted by Crippen LogP contribution is -2.44. The van der Waals surface area contributed by atoms with Crippen LogP contribution >= 0.6 is 15.9 Å². The van der Waals surface area contributed by atoms with Crippen molar-refractivity contribution < 1.29 is 14.3 Å². The Labute approximate surface area is 226 Å². The Morgan fingerprint density at radius 1 is 0.919 bits per heavy atom. The van der Waals surface area contributed by atoms with Crippen LogP contribution in [0.25, 0.3) is 10.9 Å². The summed E-state index contributed by atoms with van der Waals surface area (Å²) >= 11 is 3.44. The number of hydrogen-bond donors (Lipinski definition) is 1. The molecule has 192 valence electrons. The highest BCUT2D eigenvalue weighted by atomic mass is 79.9. The van der Waals surface area contributed by atoms with E-state index in [0.29, 0.717) is 44.6 Å². The molecule has 0 saturated heterocycles. The van der Waals surface area contributed by atoms with Crippen LogP contribution in [0, 0.1) is 0 Å². The monoisotopic (exact) mass is 561 g/mol. The molecule has 6 nitrogen and oxygen atoms in total. The fraction of sp³-hybridized carbons (Fsp3) is 0.267. The fourth-order valence-corrected chi connectivity index (χ4v) is 4.81. The van der Waals surface area contributed by atoms with Gasteiger partial charge in [0.2, 0.25) is 5.91 Å². The molecule has 0 atom stereocenters. The Balaban J connectivity index is 1.53. The number of para-hydroxylation sites is 1. The van der Waals surface area contributed by atoms with Crippen molar-refractivity contribution in [3.8, 4) is 0 Å². The van der Waals surface area contributed by atoms with Crippen LogP contribution in [0.15, 0.2) is 89.5 Å². The smallest absolute Gasteiger partial charge is 0.254 e. The number of benzene rings is 3. The van der Waals surface area contributed by atoms with Gasteiger partial charge in [-0.15, -0.1) is 0 Å². The summed E-state index contributed by atoms with van der Waals surface area (Å²) in [5.74, 6) is -0.244. The van der Waals surface area contributed by atoms with Crippen LogP contribution in [0.3, 0.4) is 0 Å². The number of halogens is 1. The molecule has 0 unspecified atom stereocenters. The third-order valence-corrected chi connectivity index (χ3v) is 6.85. The van der Waals surface area contributed by atoms with E-state index < -0.39 is 0 Å². The number of fused-ring (bicyclic) bond motifs is 1. The molecule has 0 saturated carbocycles. The van der Waals surface area contributed by atoms with Gasteiger partial charge in [-0.1, -0.05) is 70.5 Å². The maximum atomic E-state index is 13.7. The van der Waals surface area contributed by atoms with Crippen molar-refractivity contribution in [3.05, 3.63) is 106 Å². The minimum atomic E-state index is -0.165. The van der Waals surface area contributed by atoms with Gasteiger partial charge in [-0.25, -0.2) is 0 Å². The highest BCUT2D eigenvalue weighted by Gasteiger charge is 2.23. The van der Waals surface area contributed by atoms with E-state index in [4.69, 9.17) is 4.74 Å². The highest BCUT2D eigenvalue weighted by molar-refractivity contribution is 9.10. The molecule has 1 N–H and O–H groups in total. The molecule has 4 aromatic rings. The van der Waals surface area contributed by atoms with Crippen molar-refractivity contribution in [1.29, 1.82) is 0 Å². The Kier molecular flexibility index (Phi) is 9.52. The number of carbonyl (C=O) groups is 2. The molecular formula is C30H32BrN3O3. The second kappa shape index (κ2) is 13.2. The van der Waals surface area contributed by atoms with Gasteiger partial charge >= 0.3 is 0 Å². The quantitative estimate of drug-likeness (QED) is 0.226. The molecule has 0 fully saturated rings. The first-order chi connectivity index (χ1) is 18.0. The molecule has 1 aromatic heterocycles. The lowest BCUT2D eigenvalue weighted by molar-refractivity contribution is -0.132. The average molecular weight is 563 g/mol. The van der Waals surface area contributed by atoms with Crippen LogP contribution < -0.4 is 0 Å². The molecular weight excluding hydrogens is 530 g/mol. The first-order valence-electron chi connectivity index (χ1n) is 12.5. The number of nitrogens with one attached hydrogen (secondary N) is 1. The maximum Gasteiger partial charge on any atom is 0.254 e. The molecule has 7 heteroatoms. The van der Waals surface area contributed by atoms with Crippen molar-refractivity contribution in [2.45, 2.75) is 19.4 Å². The molecule has 1 heterocycles. The van der Waals surface area contributed by atoms with Crippen LogP contribution in [0.4, 0.5) is 0 Å². The van der Waals surface area contributed by atoms with Gasteiger partial charge in [0, 0.05) is 60.5 Å². The zero-order chi connectivity index (χ0) is 26.0. The van der Waals surface area contributed by atoms with Crippen molar-refractivity contribution in [2.24, 2.45) is 0 Å². The first-order valence-corrected chi connectivity index (χ1v) is 13.2. The molecule has 37 heavy (non-hydrogen) atoms. The molecule has 3 aromatic carbocycles. The number of nitrogens with zero attached hydrogens (tertiary/aromatic N) is 2. The highest BCUT2D eigenvalue weighted by Crippen LogP contribution is 2.19. The summed E-state index contributed by atoms with van der Waals surface area (Å²) in [6.45, 7) is 2.00. The number of ether oxygens (including phenoxy) is 1. The number of amides is 2. The zero-order valence-corrected chi connectivity index (χ0v) is 22.6. The van der Waals surface area contributed by atoms with E-state index in [1.807, 2.05) is 65.7 Å². The van der Waals surface area contributed by atoms with E-state index in [1.165, 1.54) is 10.9 Å². The van der Waals surface area contributed by atoms with Crippen LogP contribution in [0.5, 0.6) is 0 Å². The topological polar surface area (TPSA) is 65.6 Å².